The number of ether oxygens (including phenoxy) is 1. The predicted molar refractivity (Wildman–Crippen MR) is 82.9 cm³/mol. The van der Waals surface area contributed by atoms with Gasteiger partial charge in [0.15, 0.2) is 0 Å². The van der Waals surface area contributed by atoms with Crippen LogP contribution in [-0.2, 0) is 11.3 Å². The maximum absolute atomic E-state index is 11.9. The largest absolute Gasteiger partial charge is 0.445 e. The van der Waals surface area contributed by atoms with Crippen LogP contribution in [0.2, 0.25) is 0 Å². The van der Waals surface area contributed by atoms with Crippen LogP contribution < -0.4 is 0 Å². The molecule has 0 aliphatic heterocycles. The number of amides is 1. The van der Waals surface area contributed by atoms with Crippen molar-refractivity contribution in [2.45, 2.75) is 12.6 Å². The Balaban J connectivity index is 2.55. The van der Waals surface area contributed by atoms with Crippen molar-refractivity contribution in [3.8, 4) is 0 Å². The van der Waals surface area contributed by atoms with E-state index in [4.69, 9.17) is 15.8 Å². The first kappa shape index (κ1) is 18.6. The Morgan fingerprint density at radius 3 is 2.58 bits per heavy atom. The summed E-state index contributed by atoms with van der Waals surface area (Å²) >= 11 is 0. The Morgan fingerprint density at radius 1 is 1.38 bits per heavy atom. The van der Waals surface area contributed by atoms with Crippen LogP contribution in [0.25, 0.3) is 20.9 Å². The molecule has 0 spiro atoms. The molecule has 24 heavy (non-hydrogen) atoms. The van der Waals surface area contributed by atoms with Crippen LogP contribution in [0.4, 0.5) is 10.5 Å². The van der Waals surface area contributed by atoms with Gasteiger partial charge >= 0.3 is 6.09 Å². The van der Waals surface area contributed by atoms with Gasteiger partial charge in [-0.1, -0.05) is 10.2 Å². The van der Waals surface area contributed by atoms with E-state index in [0.717, 1.165) is 0 Å². The van der Waals surface area contributed by atoms with E-state index in [1.807, 2.05) is 0 Å². The highest BCUT2D eigenvalue weighted by molar-refractivity contribution is 5.67. The fourth-order valence-corrected chi connectivity index (χ4v) is 1.69. The van der Waals surface area contributed by atoms with Crippen LogP contribution >= 0.6 is 0 Å². The van der Waals surface area contributed by atoms with Gasteiger partial charge in [0.25, 0.3) is 5.69 Å². The number of carbonyl (C=O) groups is 1. The van der Waals surface area contributed by atoms with E-state index in [0.29, 0.717) is 5.56 Å². The molecule has 126 valence electrons. The Morgan fingerprint density at radius 2 is 2.04 bits per heavy atom. The van der Waals surface area contributed by atoms with E-state index in [2.05, 4.69) is 20.1 Å². The molecule has 0 heterocycles. The molecule has 0 aromatic heterocycles. The average Bonchev–Trinajstić information content (AvgIpc) is 2.57. The van der Waals surface area contributed by atoms with Gasteiger partial charge in [-0.05, 0) is 28.8 Å². The number of carbonyl (C=O) groups excluding carboxylic acids is 1. The van der Waals surface area contributed by atoms with Gasteiger partial charge in [-0.2, -0.15) is 0 Å². The second-order valence-corrected chi connectivity index (χ2v) is 4.63. The van der Waals surface area contributed by atoms with Gasteiger partial charge in [-0.3, -0.25) is 10.1 Å². The van der Waals surface area contributed by atoms with Gasteiger partial charge in [0, 0.05) is 42.1 Å². The molecule has 0 aliphatic carbocycles. The zero-order valence-electron chi connectivity index (χ0n) is 12.7. The average molecular weight is 334 g/mol. The standard InChI is InChI=1S/C12H14N8O4/c1-19(7-10(16-18-14)6-15-17-13)12(21)24-8-9-2-4-11(5-3-9)20(22)23/h2-5,10H,6-8H2,1H3. The summed E-state index contributed by atoms with van der Waals surface area (Å²) < 4.78 is 5.05. The van der Waals surface area contributed by atoms with E-state index in [9.17, 15) is 14.9 Å². The number of nitrogens with zero attached hydrogens (tertiary/aromatic N) is 8. The van der Waals surface area contributed by atoms with Crippen LogP contribution in [0.15, 0.2) is 34.5 Å². The summed E-state index contributed by atoms with van der Waals surface area (Å²) in [7, 11) is 1.44. The van der Waals surface area contributed by atoms with Gasteiger partial charge < -0.3 is 9.64 Å². The van der Waals surface area contributed by atoms with Crippen LogP contribution in [0.1, 0.15) is 5.56 Å². The van der Waals surface area contributed by atoms with Crippen molar-refractivity contribution in [3.05, 3.63) is 60.8 Å². The molecule has 1 atom stereocenters. The van der Waals surface area contributed by atoms with Crippen molar-refractivity contribution in [2.24, 2.45) is 10.2 Å². The highest BCUT2D eigenvalue weighted by Crippen LogP contribution is 2.13. The maximum atomic E-state index is 11.9. The summed E-state index contributed by atoms with van der Waals surface area (Å²) in [6.45, 7) is -0.133. The zero-order chi connectivity index (χ0) is 17.9. The zero-order valence-corrected chi connectivity index (χ0v) is 12.7. The molecule has 0 saturated heterocycles. The molecule has 0 N–H and O–H groups in total. The molecule has 0 bridgehead atoms. The number of azide groups is 2. The van der Waals surface area contributed by atoms with Crippen molar-refractivity contribution >= 4 is 11.8 Å². The van der Waals surface area contributed by atoms with Gasteiger partial charge in [-0.15, -0.1) is 0 Å². The number of hydrogen-bond acceptors (Lipinski definition) is 6. The first-order valence-corrected chi connectivity index (χ1v) is 6.64. The van der Waals surface area contributed by atoms with Crippen LogP contribution in [0.3, 0.4) is 0 Å². The molecule has 1 rings (SSSR count). The number of likely N-dealkylation sites (N-methyl/N-ethyl adjacent to an activating group) is 1. The molecule has 0 fully saturated rings. The number of hydrogen-bond donors (Lipinski definition) is 0. The van der Waals surface area contributed by atoms with Crippen LogP contribution in [0.5, 0.6) is 0 Å². The van der Waals surface area contributed by atoms with Crippen molar-refractivity contribution < 1.29 is 14.5 Å². The Labute approximate surface area is 136 Å². The maximum Gasteiger partial charge on any atom is 0.409 e. The van der Waals surface area contributed by atoms with E-state index in [1.165, 1.54) is 36.2 Å². The van der Waals surface area contributed by atoms with E-state index in [-0.39, 0.29) is 25.4 Å². The monoisotopic (exact) mass is 334 g/mol. The Kier molecular flexibility index (Phi) is 7.36. The number of nitro groups is 1. The van der Waals surface area contributed by atoms with Crippen molar-refractivity contribution in [2.75, 3.05) is 20.1 Å². The molecule has 0 radical (unpaired) electrons. The van der Waals surface area contributed by atoms with Crippen molar-refractivity contribution in [1.82, 2.24) is 4.90 Å². The molecule has 1 aromatic carbocycles. The summed E-state index contributed by atoms with van der Waals surface area (Å²) in [5.41, 5.74) is 17.2. The summed E-state index contributed by atoms with van der Waals surface area (Å²) in [6, 6.07) is 4.88. The summed E-state index contributed by atoms with van der Waals surface area (Å²) in [6.07, 6.45) is -0.674. The molecule has 1 unspecified atom stereocenters. The topological polar surface area (TPSA) is 170 Å². The third-order valence-corrected chi connectivity index (χ3v) is 2.88. The molecule has 12 heteroatoms. The summed E-state index contributed by atoms with van der Waals surface area (Å²) in [5, 5.41) is 17.3. The SMILES string of the molecule is CN(CC(CN=[N+]=[N-])N=[N+]=[N-])C(=O)OCc1ccc([N+](=O)[O-])cc1. The predicted octanol–water partition coefficient (Wildman–Crippen LogP) is 3.15. The van der Waals surface area contributed by atoms with Gasteiger partial charge in [0.1, 0.15) is 6.61 Å². The highest BCUT2D eigenvalue weighted by atomic mass is 16.6. The lowest BCUT2D eigenvalue weighted by Crippen LogP contribution is -2.35. The number of non-ortho nitro benzene ring substituents is 1. The molecule has 1 aromatic rings. The third-order valence-electron chi connectivity index (χ3n) is 2.88. The van der Waals surface area contributed by atoms with Gasteiger partial charge in [-0.25, -0.2) is 4.79 Å². The first-order chi connectivity index (χ1) is 11.5. The van der Waals surface area contributed by atoms with E-state index in [1.54, 1.807) is 0 Å². The van der Waals surface area contributed by atoms with E-state index < -0.39 is 17.1 Å². The highest BCUT2D eigenvalue weighted by Gasteiger charge is 2.15. The smallest absolute Gasteiger partial charge is 0.409 e. The molecule has 1 amide bonds. The minimum absolute atomic E-state index is 0.0160. The minimum atomic E-state index is -0.706. The van der Waals surface area contributed by atoms with Gasteiger partial charge in [0.05, 0.1) is 11.0 Å². The van der Waals surface area contributed by atoms with Crippen molar-refractivity contribution in [1.29, 1.82) is 0 Å². The van der Waals surface area contributed by atoms with Crippen molar-refractivity contribution in [3.63, 3.8) is 0 Å². The lowest BCUT2D eigenvalue weighted by Gasteiger charge is -2.19. The molecule has 12 nitrogen and oxygen atoms in total. The normalized spacial score (nSPS) is 10.7. The second kappa shape index (κ2) is 9.51. The number of rotatable bonds is 8. The quantitative estimate of drug-likeness (QED) is 0.234. The summed E-state index contributed by atoms with van der Waals surface area (Å²) in [5.74, 6) is 0. The summed E-state index contributed by atoms with van der Waals surface area (Å²) in [4.78, 5) is 28.3. The molecule has 0 saturated carbocycles. The fourth-order valence-electron chi connectivity index (χ4n) is 1.69. The molecular weight excluding hydrogens is 320 g/mol. The molecular formula is C12H14N8O4. The Bertz CT molecular complexity index is 679. The third kappa shape index (κ3) is 6.10. The van der Waals surface area contributed by atoms with Crippen LogP contribution in [-0.4, -0.2) is 42.1 Å². The van der Waals surface area contributed by atoms with Crippen LogP contribution in [0, 0.1) is 10.1 Å². The fraction of sp³-hybridized carbons (Fsp3) is 0.417. The van der Waals surface area contributed by atoms with Gasteiger partial charge in [0.2, 0.25) is 0 Å². The minimum Gasteiger partial charge on any atom is -0.445 e. The number of benzene rings is 1. The Hall–Kier alpha value is -3.49. The first-order valence-electron chi connectivity index (χ1n) is 6.64. The van der Waals surface area contributed by atoms with E-state index >= 15 is 0 Å². The molecule has 0 aliphatic rings. The lowest BCUT2D eigenvalue weighted by molar-refractivity contribution is -0.384. The second-order valence-electron chi connectivity index (χ2n) is 4.63. The number of nitro benzene ring substituents is 1. The lowest BCUT2D eigenvalue weighted by atomic mass is 10.2.